The molecule has 2 aromatic rings. The van der Waals surface area contributed by atoms with E-state index in [9.17, 15) is 5.11 Å². The molecule has 1 N–H and O–H groups in total. The van der Waals surface area contributed by atoms with Crippen LogP contribution in [0.3, 0.4) is 0 Å². The van der Waals surface area contributed by atoms with E-state index in [2.05, 4.69) is 25.5 Å². The first-order valence-electron chi connectivity index (χ1n) is 4.39. The van der Waals surface area contributed by atoms with Gasteiger partial charge >= 0.3 is 94.9 Å². The first-order chi connectivity index (χ1) is 7.29. The van der Waals surface area contributed by atoms with Gasteiger partial charge in [-0.3, -0.25) is 0 Å². The van der Waals surface area contributed by atoms with Crippen molar-refractivity contribution in [1.29, 1.82) is 0 Å². The molecule has 0 fully saturated rings. The van der Waals surface area contributed by atoms with Crippen molar-refractivity contribution in [1.82, 2.24) is 9.97 Å². The van der Waals surface area contributed by atoms with E-state index < -0.39 is 0 Å². The quantitative estimate of drug-likeness (QED) is 0.827. The van der Waals surface area contributed by atoms with Gasteiger partial charge in [0.1, 0.15) is 0 Å². The van der Waals surface area contributed by atoms with Gasteiger partial charge in [-0.05, 0) is 0 Å². The van der Waals surface area contributed by atoms with Gasteiger partial charge in [0, 0.05) is 0 Å². The first kappa shape index (κ1) is 10.0. The summed E-state index contributed by atoms with van der Waals surface area (Å²) in [6, 6.07) is 9.19. The number of nitrogens with zero attached hydrogens (tertiary/aromatic N) is 2. The van der Waals surface area contributed by atoms with E-state index in [0.29, 0.717) is 11.4 Å². The molecule has 2 rings (SSSR count). The van der Waals surface area contributed by atoms with Crippen LogP contribution >= 0.6 is 0 Å². The third-order valence-electron chi connectivity index (χ3n) is 1.96. The third-order valence-corrected chi connectivity index (χ3v) is 2.43. The molecular formula is C11H8N2OSe. The van der Waals surface area contributed by atoms with Crippen LogP contribution in [-0.2, 0) is 0 Å². The van der Waals surface area contributed by atoms with Gasteiger partial charge in [0.05, 0.1) is 0 Å². The second kappa shape index (κ2) is 4.34. The predicted octanol–water partition coefficient (Wildman–Crippen LogP) is 1.16. The molecular weight excluding hydrogens is 255 g/mol. The molecule has 4 heteroatoms. The fraction of sp³-hybridized carbons (Fsp3) is 0. The monoisotopic (exact) mass is 264 g/mol. The van der Waals surface area contributed by atoms with E-state index in [-0.39, 0.29) is 4.60 Å². The number of benzene rings is 1. The molecule has 0 aliphatic carbocycles. The summed E-state index contributed by atoms with van der Waals surface area (Å²) >= 11 is 2.58. The van der Waals surface area contributed by atoms with Crippen LogP contribution in [0.5, 0.6) is 0 Å². The molecule has 0 spiro atoms. The van der Waals surface area contributed by atoms with Crippen LogP contribution in [0.25, 0.3) is 11.4 Å². The van der Waals surface area contributed by atoms with Crippen molar-refractivity contribution in [3.8, 4) is 11.4 Å². The van der Waals surface area contributed by atoms with Gasteiger partial charge in [0.2, 0.25) is 0 Å². The second-order valence-corrected chi connectivity index (χ2v) is 3.73. The fourth-order valence-corrected chi connectivity index (χ4v) is 1.68. The number of aromatic nitrogens is 2. The Labute approximate surface area is 95.2 Å². The van der Waals surface area contributed by atoms with E-state index >= 15 is 0 Å². The molecule has 1 aromatic carbocycles. The number of hydrogen-bond acceptors (Lipinski definition) is 3. The van der Waals surface area contributed by atoms with Gasteiger partial charge in [-0.25, -0.2) is 0 Å². The molecule has 0 atom stereocenters. The Morgan fingerprint density at radius 3 is 2.40 bits per heavy atom. The maximum atomic E-state index is 9.47. The van der Waals surface area contributed by atoms with Gasteiger partial charge < -0.3 is 0 Å². The average Bonchev–Trinajstić information content (AvgIpc) is 2.30. The van der Waals surface area contributed by atoms with Crippen molar-refractivity contribution >= 4 is 20.2 Å². The summed E-state index contributed by atoms with van der Waals surface area (Å²) < 4.78 is 0.151. The van der Waals surface area contributed by atoms with Crippen molar-refractivity contribution in [2.75, 3.05) is 0 Å². The maximum absolute atomic E-state index is 9.47. The molecule has 0 saturated heterocycles. The summed E-state index contributed by atoms with van der Waals surface area (Å²) in [4.78, 5) is 8.29. The van der Waals surface area contributed by atoms with E-state index in [0.717, 1.165) is 5.56 Å². The van der Waals surface area contributed by atoms with Gasteiger partial charge in [-0.1, -0.05) is 0 Å². The zero-order valence-electron chi connectivity index (χ0n) is 7.79. The SMILES string of the molecule is OC(=[Se])c1ccccc1-c1ncccn1. The minimum absolute atomic E-state index is 0.151. The van der Waals surface area contributed by atoms with Gasteiger partial charge in [-0.15, -0.1) is 0 Å². The molecule has 0 radical (unpaired) electrons. The van der Waals surface area contributed by atoms with Crippen molar-refractivity contribution in [2.45, 2.75) is 0 Å². The standard InChI is InChI=1S/C11H8N2OSe/c14-11(15)9-5-2-1-4-8(9)10-12-6-3-7-13-10/h1-7H,(H,14,15). The van der Waals surface area contributed by atoms with Crippen molar-refractivity contribution in [3.05, 3.63) is 48.3 Å². The summed E-state index contributed by atoms with van der Waals surface area (Å²) in [5, 5.41) is 9.47. The van der Waals surface area contributed by atoms with Crippen molar-refractivity contribution < 1.29 is 5.11 Å². The minimum atomic E-state index is 0.151. The summed E-state index contributed by atoms with van der Waals surface area (Å²) in [6.07, 6.45) is 3.35. The Morgan fingerprint density at radius 1 is 1.07 bits per heavy atom. The molecule has 0 bridgehead atoms. The summed E-state index contributed by atoms with van der Waals surface area (Å²) in [6.45, 7) is 0. The van der Waals surface area contributed by atoms with Crippen LogP contribution in [0, 0.1) is 0 Å². The van der Waals surface area contributed by atoms with Crippen molar-refractivity contribution in [3.63, 3.8) is 0 Å². The Hall–Kier alpha value is -1.51. The molecule has 74 valence electrons. The predicted molar refractivity (Wildman–Crippen MR) is 59.3 cm³/mol. The van der Waals surface area contributed by atoms with Crippen molar-refractivity contribution in [2.24, 2.45) is 0 Å². The third kappa shape index (κ3) is 2.12. The molecule has 0 saturated carbocycles. The van der Waals surface area contributed by atoms with Crippen LogP contribution < -0.4 is 0 Å². The van der Waals surface area contributed by atoms with Crippen LogP contribution in [0.4, 0.5) is 0 Å². The van der Waals surface area contributed by atoms with E-state index in [4.69, 9.17) is 0 Å². The number of aliphatic hydroxyl groups is 1. The molecule has 3 nitrogen and oxygen atoms in total. The zero-order chi connectivity index (χ0) is 10.7. The molecule has 0 aliphatic rings. The molecule has 0 unspecified atom stereocenters. The van der Waals surface area contributed by atoms with Crippen LogP contribution in [0.1, 0.15) is 5.56 Å². The summed E-state index contributed by atoms with van der Waals surface area (Å²) in [5.74, 6) is 0.606. The zero-order valence-corrected chi connectivity index (χ0v) is 9.50. The van der Waals surface area contributed by atoms with Gasteiger partial charge in [-0.2, -0.15) is 0 Å². The Morgan fingerprint density at radius 2 is 1.73 bits per heavy atom. The second-order valence-electron chi connectivity index (χ2n) is 2.92. The van der Waals surface area contributed by atoms with Crippen LogP contribution in [-0.4, -0.2) is 35.3 Å². The van der Waals surface area contributed by atoms with Gasteiger partial charge in [0.15, 0.2) is 0 Å². The molecule has 1 aromatic heterocycles. The molecule has 0 amide bonds. The first-order valence-corrected chi connectivity index (χ1v) is 5.24. The molecule has 15 heavy (non-hydrogen) atoms. The normalized spacial score (nSPS) is 9.87. The van der Waals surface area contributed by atoms with Crippen LogP contribution in [0.2, 0.25) is 0 Å². The number of hydrogen-bond donors (Lipinski definition) is 1. The average molecular weight is 263 g/mol. The summed E-state index contributed by atoms with van der Waals surface area (Å²) in [5.41, 5.74) is 1.53. The summed E-state index contributed by atoms with van der Waals surface area (Å²) in [7, 11) is 0. The Kier molecular flexibility index (Phi) is 2.90. The van der Waals surface area contributed by atoms with E-state index in [1.807, 2.05) is 24.3 Å². The van der Waals surface area contributed by atoms with Crippen LogP contribution in [0.15, 0.2) is 42.7 Å². The topological polar surface area (TPSA) is 46.0 Å². The van der Waals surface area contributed by atoms with E-state index in [1.165, 1.54) is 0 Å². The number of rotatable bonds is 2. The van der Waals surface area contributed by atoms with Gasteiger partial charge in [0.25, 0.3) is 0 Å². The Bertz CT molecular complexity index is 485. The van der Waals surface area contributed by atoms with E-state index in [1.54, 1.807) is 18.5 Å². The fourth-order valence-electron chi connectivity index (χ4n) is 1.30. The molecule has 0 aliphatic heterocycles. The Balaban J connectivity index is 2.58. The molecule has 1 heterocycles. The number of aliphatic hydroxyl groups excluding tert-OH is 1.